The van der Waals surface area contributed by atoms with E-state index in [0.29, 0.717) is 13.0 Å². The third kappa shape index (κ3) is 4.89. The molecule has 5 rings (SSSR count). The maximum Gasteiger partial charge on any atom is 0.320 e. The van der Waals surface area contributed by atoms with Gasteiger partial charge < -0.3 is 31.3 Å². The Morgan fingerprint density at radius 3 is 2.62 bits per heavy atom. The van der Waals surface area contributed by atoms with E-state index >= 15 is 0 Å². The van der Waals surface area contributed by atoms with Crippen molar-refractivity contribution in [2.75, 3.05) is 53.6 Å². The Bertz CT molecular complexity index is 1020. The van der Waals surface area contributed by atoms with Crippen molar-refractivity contribution in [1.82, 2.24) is 15.3 Å². The van der Waals surface area contributed by atoms with E-state index in [-0.39, 0.29) is 11.4 Å². The summed E-state index contributed by atoms with van der Waals surface area (Å²) in [6.07, 6.45) is 6.40. The molecule has 4 heterocycles. The molecule has 1 spiro atoms. The van der Waals surface area contributed by atoms with Crippen LogP contribution in [-0.4, -0.2) is 59.8 Å². The summed E-state index contributed by atoms with van der Waals surface area (Å²) in [5, 5.41) is 16.0. The van der Waals surface area contributed by atoms with E-state index in [1.165, 1.54) is 30.5 Å². The van der Waals surface area contributed by atoms with Gasteiger partial charge in [0.15, 0.2) is 0 Å². The highest BCUT2D eigenvalue weighted by Gasteiger charge is 2.43. The zero-order chi connectivity index (χ0) is 23.5. The molecule has 3 aliphatic heterocycles. The fourth-order valence-corrected chi connectivity index (χ4v) is 5.68. The molecule has 0 radical (unpaired) electrons. The Morgan fingerprint density at radius 1 is 1.12 bits per heavy atom. The van der Waals surface area contributed by atoms with Crippen LogP contribution >= 0.6 is 0 Å². The molecule has 9 nitrogen and oxygen atoms in total. The minimum absolute atomic E-state index is 0.0668. The van der Waals surface area contributed by atoms with Crippen LogP contribution in [-0.2, 0) is 11.3 Å². The molecule has 1 atom stereocenters. The average molecular weight is 466 g/mol. The molecule has 3 saturated heterocycles. The predicted octanol–water partition coefficient (Wildman–Crippen LogP) is 2.69. The second-order valence-corrected chi connectivity index (χ2v) is 9.96. The number of hydrogen-bond acceptors (Lipinski definition) is 8. The number of carboxylic acids is 1. The first-order valence-electron chi connectivity index (χ1n) is 12.4. The van der Waals surface area contributed by atoms with Crippen LogP contribution in [0.25, 0.3) is 0 Å². The molecule has 1 unspecified atom stereocenters. The van der Waals surface area contributed by atoms with Gasteiger partial charge in [-0.3, -0.25) is 4.79 Å². The number of nitrogens with one attached hydrogen (secondary N) is 2. The molecular weight excluding hydrogens is 430 g/mol. The van der Waals surface area contributed by atoms with Gasteiger partial charge in [-0.15, -0.1) is 0 Å². The molecular formula is C25H35N7O2. The van der Waals surface area contributed by atoms with Crippen LogP contribution in [0.1, 0.15) is 44.1 Å². The number of piperidine rings is 2. The Labute approximate surface area is 200 Å². The number of nitrogens with zero attached hydrogens (tertiary/aromatic N) is 4. The molecule has 0 amide bonds. The van der Waals surface area contributed by atoms with Crippen LogP contribution in [0.2, 0.25) is 0 Å². The highest BCUT2D eigenvalue weighted by Crippen LogP contribution is 2.40. The van der Waals surface area contributed by atoms with E-state index in [0.717, 1.165) is 57.2 Å². The number of rotatable bonds is 6. The predicted molar refractivity (Wildman–Crippen MR) is 134 cm³/mol. The third-order valence-electron chi connectivity index (χ3n) is 7.69. The lowest BCUT2D eigenvalue weighted by Gasteiger charge is -2.39. The van der Waals surface area contributed by atoms with Gasteiger partial charge >= 0.3 is 5.97 Å². The highest BCUT2D eigenvalue weighted by atomic mass is 16.4. The first-order chi connectivity index (χ1) is 16.5. The summed E-state index contributed by atoms with van der Waals surface area (Å²) in [7, 11) is 0. The van der Waals surface area contributed by atoms with Crippen LogP contribution < -0.4 is 26.2 Å². The van der Waals surface area contributed by atoms with Crippen LogP contribution in [0.15, 0.2) is 30.3 Å². The van der Waals surface area contributed by atoms with Gasteiger partial charge in [0.05, 0.1) is 0 Å². The number of carbonyl (C=O) groups is 1. The fraction of sp³-hybridized carbons (Fsp3) is 0.560. The molecule has 0 saturated carbocycles. The number of aliphatic carboxylic acids is 1. The Morgan fingerprint density at radius 2 is 1.88 bits per heavy atom. The molecule has 1 aromatic heterocycles. The van der Waals surface area contributed by atoms with Gasteiger partial charge in [0.2, 0.25) is 5.95 Å². The first kappa shape index (κ1) is 22.7. The number of carboxylic acid groups (broad SMARTS) is 1. The lowest BCUT2D eigenvalue weighted by molar-refractivity contribution is -0.139. The van der Waals surface area contributed by atoms with Crippen molar-refractivity contribution in [3.05, 3.63) is 35.9 Å². The zero-order valence-corrected chi connectivity index (χ0v) is 19.7. The number of hydrogen-bond donors (Lipinski definition) is 4. The van der Waals surface area contributed by atoms with Crippen molar-refractivity contribution in [2.45, 2.75) is 51.1 Å². The first-order valence-corrected chi connectivity index (χ1v) is 12.4. The number of anilines is 4. The maximum absolute atomic E-state index is 11.3. The highest BCUT2D eigenvalue weighted by molar-refractivity contribution is 5.74. The van der Waals surface area contributed by atoms with Crippen molar-refractivity contribution in [1.29, 1.82) is 0 Å². The van der Waals surface area contributed by atoms with E-state index in [1.807, 2.05) is 6.07 Å². The molecule has 34 heavy (non-hydrogen) atoms. The van der Waals surface area contributed by atoms with Gasteiger partial charge in [-0.2, -0.15) is 9.97 Å². The summed E-state index contributed by atoms with van der Waals surface area (Å²) in [6.45, 7) is 5.34. The van der Waals surface area contributed by atoms with E-state index in [4.69, 9.17) is 5.73 Å². The monoisotopic (exact) mass is 465 g/mol. The van der Waals surface area contributed by atoms with Gasteiger partial charge in [0, 0.05) is 51.0 Å². The molecule has 0 bridgehead atoms. The topological polar surface area (TPSA) is 120 Å². The van der Waals surface area contributed by atoms with Crippen molar-refractivity contribution < 1.29 is 9.90 Å². The molecule has 9 heteroatoms. The van der Waals surface area contributed by atoms with Gasteiger partial charge in [-0.25, -0.2) is 0 Å². The number of benzene rings is 1. The van der Waals surface area contributed by atoms with Crippen molar-refractivity contribution in [3.63, 3.8) is 0 Å². The van der Waals surface area contributed by atoms with Crippen LogP contribution in [0.4, 0.5) is 23.3 Å². The van der Waals surface area contributed by atoms with Gasteiger partial charge in [0.1, 0.15) is 17.7 Å². The standard InChI is InChI=1S/C25H35N7O2/c26-24-29-21(27-16-18-6-2-3-7-20(18)31-10-4-1-5-11-31)14-22(30-24)32-12-8-25(9-13-32)15-19(23(33)34)28-17-25/h2-3,6-7,14,19,28H,1,4-5,8-13,15-17H2,(H,33,34)(H3,26,27,29,30). The minimum atomic E-state index is -0.750. The van der Waals surface area contributed by atoms with Crippen LogP contribution in [0.5, 0.6) is 0 Å². The summed E-state index contributed by atoms with van der Waals surface area (Å²) in [4.78, 5) is 25.0. The van der Waals surface area contributed by atoms with Crippen molar-refractivity contribution in [2.24, 2.45) is 5.41 Å². The molecule has 1 aromatic carbocycles. The number of nitrogens with two attached hydrogens (primary N) is 1. The van der Waals surface area contributed by atoms with Crippen molar-refractivity contribution in [3.8, 4) is 0 Å². The summed E-state index contributed by atoms with van der Waals surface area (Å²) < 4.78 is 0. The van der Waals surface area contributed by atoms with E-state index in [9.17, 15) is 9.90 Å². The van der Waals surface area contributed by atoms with Gasteiger partial charge in [-0.05, 0) is 55.6 Å². The maximum atomic E-state index is 11.3. The molecule has 2 aromatic rings. The Kier molecular flexibility index (Phi) is 6.45. The Balaban J connectivity index is 1.24. The number of nitrogen functional groups attached to an aromatic ring is 1. The van der Waals surface area contributed by atoms with Crippen molar-refractivity contribution >= 4 is 29.2 Å². The molecule has 3 aliphatic rings. The summed E-state index contributed by atoms with van der Waals surface area (Å²) in [5.74, 6) is 1.07. The lowest BCUT2D eigenvalue weighted by atomic mass is 9.76. The Hall–Kier alpha value is -3.07. The fourth-order valence-electron chi connectivity index (χ4n) is 5.68. The van der Waals surface area contributed by atoms with E-state index < -0.39 is 12.0 Å². The average Bonchev–Trinajstić information content (AvgIpc) is 3.27. The second kappa shape index (κ2) is 9.66. The lowest BCUT2D eigenvalue weighted by Crippen LogP contribution is -2.41. The minimum Gasteiger partial charge on any atom is -0.480 e. The molecule has 3 fully saturated rings. The summed E-state index contributed by atoms with van der Waals surface area (Å²) in [6, 6.07) is 10.1. The SMILES string of the molecule is Nc1nc(NCc2ccccc2N2CCCCC2)cc(N2CCC3(CC2)CNC(C(=O)O)C3)n1. The third-order valence-corrected chi connectivity index (χ3v) is 7.69. The van der Waals surface area contributed by atoms with Gasteiger partial charge in [-0.1, -0.05) is 18.2 Å². The molecule has 182 valence electrons. The van der Waals surface area contributed by atoms with E-state index in [2.05, 4.69) is 54.7 Å². The second-order valence-electron chi connectivity index (χ2n) is 9.96. The van der Waals surface area contributed by atoms with E-state index in [1.54, 1.807) is 0 Å². The largest absolute Gasteiger partial charge is 0.480 e. The van der Waals surface area contributed by atoms with Crippen LogP contribution in [0, 0.1) is 5.41 Å². The summed E-state index contributed by atoms with van der Waals surface area (Å²) in [5.41, 5.74) is 8.69. The smallest absolute Gasteiger partial charge is 0.320 e. The normalized spacial score (nSPS) is 22.2. The van der Waals surface area contributed by atoms with Gasteiger partial charge in [0.25, 0.3) is 0 Å². The molecule has 5 N–H and O–H groups in total. The number of aromatic nitrogens is 2. The summed E-state index contributed by atoms with van der Waals surface area (Å²) >= 11 is 0. The molecule has 0 aliphatic carbocycles. The van der Waals surface area contributed by atoms with Crippen LogP contribution in [0.3, 0.4) is 0 Å². The number of para-hydroxylation sites is 1. The quantitative estimate of drug-likeness (QED) is 0.510. The zero-order valence-electron chi connectivity index (χ0n) is 19.7.